The van der Waals surface area contributed by atoms with Gasteiger partial charge in [-0.15, -0.1) is 11.3 Å². The number of carbonyl (C=O) groups is 4. The normalized spacial score (nSPS) is 16.1. The van der Waals surface area contributed by atoms with Gasteiger partial charge in [0.2, 0.25) is 17.7 Å². The number of rotatable bonds is 18. The molecule has 4 heterocycles. The number of pyridine rings is 1. The number of benzene rings is 3. The van der Waals surface area contributed by atoms with Gasteiger partial charge in [0.15, 0.2) is 10.9 Å². The zero-order valence-corrected chi connectivity index (χ0v) is 42.6. The Kier molecular flexibility index (Phi) is 16.6. The van der Waals surface area contributed by atoms with Gasteiger partial charge in [-0.3, -0.25) is 29.1 Å². The first-order valence-corrected chi connectivity index (χ1v) is 24.6. The van der Waals surface area contributed by atoms with E-state index in [2.05, 4.69) is 20.6 Å². The summed E-state index contributed by atoms with van der Waals surface area (Å²) in [5, 5.41) is 14.7. The van der Waals surface area contributed by atoms with Gasteiger partial charge in [0, 0.05) is 18.7 Å². The second-order valence-corrected chi connectivity index (χ2v) is 20.1. The molecule has 2 fully saturated rings. The molecule has 2 aliphatic heterocycles. The average Bonchev–Trinajstić information content (AvgIpc) is 4.06. The molecule has 2 aromatic heterocycles. The number of thiocarbonyl (C=S) groups is 1. The molecule has 3 aromatic carbocycles. The van der Waals surface area contributed by atoms with Crippen LogP contribution in [0, 0.1) is 29.5 Å². The van der Waals surface area contributed by atoms with Crippen molar-refractivity contribution in [2.24, 2.45) is 5.41 Å². The van der Waals surface area contributed by atoms with Crippen LogP contribution in [0.1, 0.15) is 69.8 Å². The van der Waals surface area contributed by atoms with Crippen LogP contribution in [-0.2, 0) is 41.4 Å². The monoisotopic (exact) mass is 1040 g/mol. The number of ether oxygens (including phenoxy) is 3. The third-order valence-corrected chi connectivity index (χ3v) is 13.7. The number of carbonyl (C=O) groups excluding carboxylic acids is 4. The molecule has 0 aliphatic carbocycles. The van der Waals surface area contributed by atoms with Crippen molar-refractivity contribution in [3.63, 3.8) is 0 Å². The zero-order valence-electron chi connectivity index (χ0n) is 41.0. The van der Waals surface area contributed by atoms with Crippen LogP contribution in [0.3, 0.4) is 0 Å². The van der Waals surface area contributed by atoms with Crippen LogP contribution in [0.15, 0.2) is 84.5 Å². The van der Waals surface area contributed by atoms with Crippen LogP contribution >= 0.6 is 23.6 Å². The predicted molar refractivity (Wildman–Crippen MR) is 270 cm³/mol. The molecule has 4 amide bonds. The van der Waals surface area contributed by atoms with Gasteiger partial charge in [0.05, 0.1) is 70.8 Å². The first-order valence-electron chi connectivity index (χ1n) is 23.3. The first-order chi connectivity index (χ1) is 34.6. The van der Waals surface area contributed by atoms with E-state index in [1.807, 2.05) is 57.5 Å². The van der Waals surface area contributed by atoms with E-state index in [-0.39, 0.29) is 50.0 Å². The highest BCUT2D eigenvalue weighted by molar-refractivity contribution is 7.81. The number of thiazole rings is 1. The van der Waals surface area contributed by atoms with Gasteiger partial charge >= 0.3 is 6.18 Å². The molecular formula is C52H54F4N8O7S2. The molecule has 0 bridgehead atoms. The number of nitrogens with one attached hydrogen (secondary N) is 2. The molecule has 5 aromatic rings. The molecule has 21 heteroatoms. The van der Waals surface area contributed by atoms with Crippen LogP contribution in [0.25, 0.3) is 21.7 Å². The van der Waals surface area contributed by atoms with Crippen molar-refractivity contribution in [1.82, 2.24) is 25.5 Å². The van der Waals surface area contributed by atoms with E-state index in [0.717, 1.165) is 39.4 Å². The number of nitrogens with zero attached hydrogens (tertiary/aromatic N) is 6. The number of likely N-dealkylation sites (tertiary alicyclic amines) is 1. The summed E-state index contributed by atoms with van der Waals surface area (Å²) in [4.78, 5) is 67.5. The highest BCUT2D eigenvalue weighted by Gasteiger charge is 2.52. The summed E-state index contributed by atoms with van der Waals surface area (Å²) in [5.74, 6) is -3.05. The minimum Gasteiger partial charge on any atom is -0.491 e. The van der Waals surface area contributed by atoms with Crippen molar-refractivity contribution < 1.29 is 51.0 Å². The zero-order chi connectivity index (χ0) is 52.8. The van der Waals surface area contributed by atoms with Crippen LogP contribution in [0.4, 0.5) is 28.9 Å². The fraction of sp³-hybridized carbons (Fsp3) is 0.385. The number of alkyl halides is 3. The summed E-state index contributed by atoms with van der Waals surface area (Å²) in [7, 11) is 0. The fourth-order valence-electron chi connectivity index (χ4n) is 8.54. The number of hydrogen-bond donors (Lipinski definition) is 2. The second kappa shape index (κ2) is 22.5. The topological polar surface area (TPSA) is 179 Å². The molecule has 0 saturated carbocycles. The summed E-state index contributed by atoms with van der Waals surface area (Å²) in [6, 6.07) is 19.8. The maximum atomic E-state index is 15.4. The molecule has 0 spiro atoms. The lowest BCUT2D eigenvalue weighted by Crippen LogP contribution is -2.58. The summed E-state index contributed by atoms with van der Waals surface area (Å²) in [6.45, 7) is 11.7. The number of hydrogen-bond acceptors (Lipinski definition) is 12. The lowest BCUT2D eigenvalue weighted by atomic mass is 9.85. The van der Waals surface area contributed by atoms with E-state index in [4.69, 9.17) is 26.4 Å². The third kappa shape index (κ3) is 12.2. The highest BCUT2D eigenvalue weighted by Crippen LogP contribution is 2.42. The molecule has 73 heavy (non-hydrogen) atoms. The number of amides is 4. The lowest BCUT2D eigenvalue weighted by Gasteiger charge is -2.35. The van der Waals surface area contributed by atoms with E-state index < -0.39 is 63.7 Å². The lowest BCUT2D eigenvalue weighted by molar-refractivity contribution is -0.144. The van der Waals surface area contributed by atoms with Gasteiger partial charge in [-0.2, -0.15) is 18.4 Å². The van der Waals surface area contributed by atoms with Gasteiger partial charge in [0.1, 0.15) is 42.1 Å². The standard InChI is InChI=1S/C52H54F4N8O7S2/c1-31-44(73-30-60-31)34-11-9-32(10-12-34)27-59-46(66)40-8-7-21-62(40)47(67)45(50(2,3)4)61-41(65)29-70-23-22-69-24-25-71-37-17-13-33(14-18-37)38-19-16-36(28-58-38)64-49(72)63(48(68)51(64,5)6)39-20-15-35(26-57)42(43(39)53)52(54,55)56/h9-20,28,30,40,45H,7-8,21-25,27,29H2,1-6H3,(H,59,66)(H,61,65)/t40-,45+/m0/s1. The average molecular weight is 1040 g/mol. The SMILES string of the molecule is Cc1ncsc1-c1ccc(CNC(=O)[C@@H]2CCCN2C(=O)[C@@H](NC(=O)COCCOCCOc2ccc(-c3ccc(N4C(=S)N(c5ccc(C#N)c(C(F)(F)F)c5F)C(=O)C4(C)C)cn3)cc2)C(C)(C)C)cc1. The van der Waals surface area contributed by atoms with Crippen molar-refractivity contribution >= 4 is 63.7 Å². The Morgan fingerprint density at radius 2 is 1.63 bits per heavy atom. The Morgan fingerprint density at radius 1 is 0.945 bits per heavy atom. The van der Waals surface area contributed by atoms with Crippen LogP contribution in [0.2, 0.25) is 0 Å². The number of anilines is 2. The highest BCUT2D eigenvalue weighted by atomic mass is 32.1. The molecule has 15 nitrogen and oxygen atoms in total. The summed E-state index contributed by atoms with van der Waals surface area (Å²) in [6.07, 6.45) is -2.57. The van der Waals surface area contributed by atoms with Gasteiger partial charge in [-0.25, -0.2) is 9.37 Å². The number of aryl methyl sites for hydroxylation is 1. The smallest absolute Gasteiger partial charge is 0.420 e. The minimum absolute atomic E-state index is 0.109. The minimum atomic E-state index is -5.20. The van der Waals surface area contributed by atoms with Crippen molar-refractivity contribution in [1.29, 1.82) is 5.26 Å². The third-order valence-electron chi connectivity index (χ3n) is 12.4. The van der Waals surface area contributed by atoms with Crippen LogP contribution in [0.5, 0.6) is 5.75 Å². The van der Waals surface area contributed by atoms with E-state index in [9.17, 15) is 37.6 Å². The first kappa shape index (κ1) is 53.9. The number of aromatic nitrogens is 2. The second-order valence-electron chi connectivity index (χ2n) is 18.9. The quantitative estimate of drug-likeness (QED) is 0.0487. The Morgan fingerprint density at radius 3 is 2.26 bits per heavy atom. The van der Waals surface area contributed by atoms with Crippen LogP contribution < -0.4 is 25.2 Å². The van der Waals surface area contributed by atoms with Crippen molar-refractivity contribution in [3.05, 3.63) is 113 Å². The molecular weight excluding hydrogens is 989 g/mol. The fourth-order valence-corrected chi connectivity index (χ4v) is 9.87. The van der Waals surface area contributed by atoms with Gasteiger partial charge in [0.25, 0.3) is 5.91 Å². The number of nitriles is 1. The van der Waals surface area contributed by atoms with Crippen molar-refractivity contribution in [2.75, 3.05) is 49.4 Å². The van der Waals surface area contributed by atoms with E-state index in [1.165, 1.54) is 31.0 Å². The molecule has 0 radical (unpaired) electrons. The van der Waals surface area contributed by atoms with E-state index >= 15 is 4.39 Å². The van der Waals surface area contributed by atoms with Crippen LogP contribution in [-0.4, -0.2) is 101 Å². The molecule has 2 saturated heterocycles. The van der Waals surface area contributed by atoms with Crippen molar-refractivity contribution in [3.8, 4) is 33.5 Å². The summed E-state index contributed by atoms with van der Waals surface area (Å²) in [5.41, 5.74) is 0.838. The van der Waals surface area contributed by atoms with Gasteiger partial charge in [-0.05, 0) is 111 Å². The van der Waals surface area contributed by atoms with Gasteiger partial charge < -0.3 is 34.6 Å². The van der Waals surface area contributed by atoms with E-state index in [0.29, 0.717) is 48.0 Å². The molecule has 384 valence electrons. The molecule has 0 unspecified atom stereocenters. The maximum absolute atomic E-state index is 15.4. The molecule has 2 aliphatic rings. The molecule has 7 rings (SSSR count). The number of halogens is 4. The van der Waals surface area contributed by atoms with E-state index in [1.54, 1.807) is 52.6 Å². The Hall–Kier alpha value is -6.86. The largest absolute Gasteiger partial charge is 0.491 e. The van der Waals surface area contributed by atoms with Crippen molar-refractivity contribution in [2.45, 2.75) is 84.7 Å². The Labute approximate surface area is 429 Å². The summed E-state index contributed by atoms with van der Waals surface area (Å²) >= 11 is 7.11. The Balaban J connectivity index is 0.822. The van der Waals surface area contributed by atoms with Gasteiger partial charge in [-0.1, -0.05) is 45.0 Å². The molecule has 2 atom stereocenters. The summed E-state index contributed by atoms with van der Waals surface area (Å²) < 4.78 is 73.7. The Bertz CT molecular complexity index is 2880. The molecule has 2 N–H and O–H groups in total. The maximum Gasteiger partial charge on any atom is 0.420 e. The predicted octanol–water partition coefficient (Wildman–Crippen LogP) is 8.38.